The Morgan fingerprint density at radius 2 is 1.69 bits per heavy atom. The third kappa shape index (κ3) is 11.7. The van der Waals surface area contributed by atoms with Crippen molar-refractivity contribution < 1.29 is 8.42 Å². The zero-order chi connectivity index (χ0) is 10.3. The molecule has 3 nitrogen and oxygen atoms in total. The summed E-state index contributed by atoms with van der Waals surface area (Å²) < 4.78 is 18.3. The Morgan fingerprint density at radius 3 is 1.92 bits per heavy atom. The van der Waals surface area contributed by atoms with Crippen LogP contribution in [0.1, 0.15) is 12.5 Å². The van der Waals surface area contributed by atoms with E-state index in [0.29, 0.717) is 0 Å². The lowest BCUT2D eigenvalue weighted by atomic mass is 10.2. The van der Waals surface area contributed by atoms with Gasteiger partial charge in [0.2, 0.25) is 0 Å². The molecule has 0 saturated heterocycles. The normalized spacial score (nSPS) is 10.1. The molecule has 0 N–H and O–H groups in total. The van der Waals surface area contributed by atoms with Crippen LogP contribution in [0.3, 0.4) is 0 Å². The quantitative estimate of drug-likeness (QED) is 0.710. The van der Waals surface area contributed by atoms with Gasteiger partial charge in [0.15, 0.2) is 0 Å². The summed E-state index contributed by atoms with van der Waals surface area (Å²) in [6, 6.07) is 4.06. The average Bonchev–Trinajstić information content (AvgIpc) is 2.03. The first-order chi connectivity index (χ1) is 5.93. The highest BCUT2D eigenvalue weighted by molar-refractivity contribution is 8.31. The fourth-order valence-corrected chi connectivity index (χ4v) is 0.618. The van der Waals surface area contributed by atoms with Crippen molar-refractivity contribution in [2.75, 3.05) is 0 Å². The predicted molar refractivity (Wildman–Crippen MR) is 54.2 cm³/mol. The van der Waals surface area contributed by atoms with Crippen LogP contribution >= 0.6 is 21.4 Å². The van der Waals surface area contributed by atoms with Gasteiger partial charge in [-0.05, 0) is 24.1 Å². The number of aromatic nitrogens is 1. The third-order valence-electron chi connectivity index (χ3n) is 1.16. The molecular formula is C7H9Cl2NO2S. The van der Waals surface area contributed by atoms with Gasteiger partial charge in [-0.3, -0.25) is 4.98 Å². The molecule has 0 aromatic carbocycles. The highest BCUT2D eigenvalue weighted by Crippen LogP contribution is 1.98. The van der Waals surface area contributed by atoms with E-state index >= 15 is 0 Å². The first kappa shape index (κ1) is 12.7. The maximum absolute atomic E-state index is 9.16. The molecule has 0 aliphatic rings. The van der Waals surface area contributed by atoms with Crippen molar-refractivity contribution in [2.45, 2.75) is 13.3 Å². The van der Waals surface area contributed by atoms with Crippen LogP contribution in [0.5, 0.6) is 0 Å². The molecule has 0 unspecified atom stereocenters. The molecule has 0 amide bonds. The number of aryl methyl sites for hydroxylation is 1. The Hall–Kier alpha value is -0.320. The van der Waals surface area contributed by atoms with Crippen molar-refractivity contribution in [3.63, 3.8) is 0 Å². The molecule has 0 fully saturated rings. The van der Waals surface area contributed by atoms with Crippen LogP contribution in [0.15, 0.2) is 24.5 Å². The highest BCUT2D eigenvalue weighted by atomic mass is 36.0. The first-order valence-electron chi connectivity index (χ1n) is 3.46. The topological polar surface area (TPSA) is 47.0 Å². The molecule has 74 valence electrons. The van der Waals surface area contributed by atoms with E-state index < -0.39 is 8.26 Å². The van der Waals surface area contributed by atoms with Crippen LogP contribution in [0.2, 0.25) is 0 Å². The molecule has 13 heavy (non-hydrogen) atoms. The van der Waals surface area contributed by atoms with Crippen LogP contribution < -0.4 is 0 Å². The smallest absolute Gasteiger partial charge is 0.265 e. The molecule has 0 saturated carbocycles. The second-order valence-corrected chi connectivity index (χ2v) is 5.76. The molecule has 0 spiro atoms. The summed E-state index contributed by atoms with van der Waals surface area (Å²) in [7, 11) is 4.81. The number of nitrogens with zero attached hydrogens (tertiary/aromatic N) is 1. The minimum atomic E-state index is -3.72. The van der Waals surface area contributed by atoms with E-state index in [1.54, 1.807) is 0 Å². The number of halogens is 2. The van der Waals surface area contributed by atoms with E-state index in [2.05, 4.69) is 33.3 Å². The molecule has 1 aromatic rings. The Bertz CT molecular complexity index is 318. The van der Waals surface area contributed by atoms with Crippen molar-refractivity contribution in [1.29, 1.82) is 0 Å². The van der Waals surface area contributed by atoms with Crippen molar-refractivity contribution >= 4 is 29.6 Å². The minimum absolute atomic E-state index is 1.10. The summed E-state index contributed by atoms with van der Waals surface area (Å²) in [5, 5.41) is 0. The second kappa shape index (κ2) is 6.18. The van der Waals surface area contributed by atoms with E-state index in [1.807, 2.05) is 24.5 Å². The molecule has 6 heteroatoms. The van der Waals surface area contributed by atoms with Gasteiger partial charge in [-0.2, -0.15) is 8.42 Å². The second-order valence-electron chi connectivity index (χ2n) is 2.09. The van der Waals surface area contributed by atoms with Crippen LogP contribution in [0, 0.1) is 0 Å². The van der Waals surface area contributed by atoms with Crippen molar-refractivity contribution in [3.05, 3.63) is 30.1 Å². The average molecular weight is 242 g/mol. The fraction of sp³-hybridized carbons (Fsp3) is 0.286. The van der Waals surface area contributed by atoms with Gasteiger partial charge in [0.25, 0.3) is 0 Å². The molecule has 1 heterocycles. The number of pyridine rings is 1. The molecule has 0 atom stereocenters. The molecule has 0 radical (unpaired) electrons. The molecule has 0 bridgehead atoms. The van der Waals surface area contributed by atoms with Gasteiger partial charge in [-0.25, -0.2) is 0 Å². The standard InChI is InChI=1S/C7H9N.Cl2O2S/c1-2-7-3-5-8-6-4-7;1-5(2,3)4/h3-6H,2H2,1H3;. The zero-order valence-electron chi connectivity index (χ0n) is 6.94. The van der Waals surface area contributed by atoms with Crippen LogP contribution in [0.4, 0.5) is 0 Å². The van der Waals surface area contributed by atoms with Crippen molar-refractivity contribution in [1.82, 2.24) is 4.98 Å². The number of rotatable bonds is 1. The summed E-state index contributed by atoms with van der Waals surface area (Å²) >= 11 is 0. The van der Waals surface area contributed by atoms with Gasteiger partial charge in [0, 0.05) is 33.8 Å². The van der Waals surface area contributed by atoms with Crippen molar-refractivity contribution in [2.24, 2.45) is 0 Å². The lowest BCUT2D eigenvalue weighted by Gasteiger charge is -1.89. The van der Waals surface area contributed by atoms with Gasteiger partial charge >= 0.3 is 8.26 Å². The van der Waals surface area contributed by atoms with Crippen LogP contribution in [-0.4, -0.2) is 13.4 Å². The Kier molecular flexibility index (Phi) is 6.03. The predicted octanol–water partition coefficient (Wildman–Crippen LogP) is 2.35. The maximum Gasteiger partial charge on any atom is 0.317 e. The molecule has 1 rings (SSSR count). The summed E-state index contributed by atoms with van der Waals surface area (Å²) in [6.45, 7) is 2.13. The van der Waals surface area contributed by atoms with Gasteiger partial charge in [0.05, 0.1) is 0 Å². The SMILES string of the molecule is CCc1ccncc1.O=S(=O)(Cl)Cl. The monoisotopic (exact) mass is 241 g/mol. The zero-order valence-corrected chi connectivity index (χ0v) is 9.27. The third-order valence-corrected chi connectivity index (χ3v) is 1.16. The van der Waals surface area contributed by atoms with Gasteiger partial charge in [-0.1, -0.05) is 6.92 Å². The maximum atomic E-state index is 9.16. The van der Waals surface area contributed by atoms with Crippen molar-refractivity contribution in [3.8, 4) is 0 Å². The lowest BCUT2D eigenvalue weighted by Crippen LogP contribution is -1.76. The van der Waals surface area contributed by atoms with Crippen LogP contribution in [-0.2, 0) is 14.7 Å². The first-order valence-corrected chi connectivity index (χ1v) is 6.60. The summed E-state index contributed by atoms with van der Waals surface area (Å²) in [5.74, 6) is 0. The van der Waals surface area contributed by atoms with E-state index in [0.717, 1.165) is 6.42 Å². The lowest BCUT2D eigenvalue weighted by molar-refractivity contribution is 0.621. The van der Waals surface area contributed by atoms with E-state index in [-0.39, 0.29) is 0 Å². The van der Waals surface area contributed by atoms with Gasteiger partial charge < -0.3 is 0 Å². The largest absolute Gasteiger partial charge is 0.317 e. The van der Waals surface area contributed by atoms with Gasteiger partial charge in [0.1, 0.15) is 0 Å². The Morgan fingerprint density at radius 1 is 1.31 bits per heavy atom. The molecule has 0 aliphatic carbocycles. The van der Waals surface area contributed by atoms with E-state index in [4.69, 9.17) is 8.42 Å². The number of hydrogen-bond acceptors (Lipinski definition) is 3. The van der Waals surface area contributed by atoms with E-state index in [1.165, 1.54) is 5.56 Å². The Labute approximate surface area is 86.6 Å². The summed E-state index contributed by atoms with van der Waals surface area (Å²) in [4.78, 5) is 3.89. The summed E-state index contributed by atoms with van der Waals surface area (Å²) in [5.41, 5.74) is 1.35. The Balaban J connectivity index is 0.000000252. The molecular weight excluding hydrogens is 233 g/mol. The van der Waals surface area contributed by atoms with E-state index in [9.17, 15) is 0 Å². The van der Waals surface area contributed by atoms with Gasteiger partial charge in [-0.15, -0.1) is 0 Å². The minimum Gasteiger partial charge on any atom is -0.265 e. The summed E-state index contributed by atoms with van der Waals surface area (Å²) in [6.07, 6.45) is 4.74. The molecule has 1 aromatic heterocycles. The number of hydrogen-bond donors (Lipinski definition) is 0. The molecule has 0 aliphatic heterocycles. The van der Waals surface area contributed by atoms with Crippen LogP contribution in [0.25, 0.3) is 0 Å². The fourth-order valence-electron chi connectivity index (χ4n) is 0.618. The highest BCUT2D eigenvalue weighted by Gasteiger charge is 1.88.